The molecule has 0 spiro atoms. The van der Waals surface area contributed by atoms with Crippen LogP contribution < -0.4 is 9.80 Å². The number of hydrogen-bond donors (Lipinski definition) is 0. The largest absolute Gasteiger partial charge is 0.342 e. The molecule has 5 rings (SSSR count). The maximum Gasteiger partial charge on any atom is 0.262 e. The minimum atomic E-state index is -0.250. The minimum Gasteiger partial charge on any atom is -0.342 e. The van der Waals surface area contributed by atoms with E-state index in [0.717, 1.165) is 22.5 Å². The predicted molar refractivity (Wildman–Crippen MR) is 131 cm³/mol. The fraction of sp³-hybridized carbons (Fsp3) is 0.138. The Hall–Kier alpha value is -3.85. The van der Waals surface area contributed by atoms with Gasteiger partial charge in [-0.1, -0.05) is 90.0 Å². The van der Waals surface area contributed by atoms with E-state index < -0.39 is 0 Å². The highest BCUT2D eigenvalue weighted by molar-refractivity contribution is 6.12. The Bertz CT molecular complexity index is 1250. The zero-order valence-electron chi connectivity index (χ0n) is 18.4. The first kappa shape index (κ1) is 20.1. The molecule has 158 valence electrons. The molecule has 1 atom stereocenters. The van der Waals surface area contributed by atoms with Crippen LogP contribution in [0.3, 0.4) is 0 Å². The zero-order chi connectivity index (χ0) is 22.1. The van der Waals surface area contributed by atoms with Crippen LogP contribution in [-0.4, -0.2) is 5.91 Å². The van der Waals surface area contributed by atoms with Gasteiger partial charge < -0.3 is 4.90 Å². The molecule has 0 unspecified atom stereocenters. The molecule has 0 aliphatic carbocycles. The quantitative estimate of drug-likeness (QED) is 0.369. The van der Waals surface area contributed by atoms with E-state index >= 15 is 0 Å². The van der Waals surface area contributed by atoms with Gasteiger partial charge in [-0.3, -0.25) is 9.69 Å². The second-order valence-electron chi connectivity index (χ2n) is 8.43. The van der Waals surface area contributed by atoms with Crippen LogP contribution >= 0.6 is 0 Å². The number of hydrogen-bond acceptors (Lipinski definition) is 2. The fourth-order valence-corrected chi connectivity index (χ4v) is 4.49. The van der Waals surface area contributed by atoms with Crippen molar-refractivity contribution in [2.45, 2.75) is 26.6 Å². The second kappa shape index (κ2) is 8.35. The van der Waals surface area contributed by atoms with Gasteiger partial charge >= 0.3 is 0 Å². The number of fused-ring (bicyclic) bond motifs is 1. The molecule has 3 nitrogen and oxygen atoms in total. The Morgan fingerprint density at radius 3 is 2.19 bits per heavy atom. The molecule has 0 bridgehead atoms. The van der Waals surface area contributed by atoms with Crippen LogP contribution in [0.2, 0.25) is 0 Å². The summed E-state index contributed by atoms with van der Waals surface area (Å²) in [4.78, 5) is 18.2. The number of aryl methyl sites for hydroxylation is 2. The molecule has 0 saturated heterocycles. The van der Waals surface area contributed by atoms with Gasteiger partial charge in [0, 0.05) is 12.2 Å². The highest BCUT2D eigenvalue weighted by Gasteiger charge is 2.39. The highest BCUT2D eigenvalue weighted by Crippen LogP contribution is 2.42. The summed E-state index contributed by atoms with van der Waals surface area (Å²) in [5.74, 6) is 0.0280. The number of rotatable bonds is 4. The Balaban J connectivity index is 1.73. The lowest BCUT2D eigenvalue weighted by Crippen LogP contribution is -2.49. The van der Waals surface area contributed by atoms with E-state index in [4.69, 9.17) is 0 Å². The summed E-state index contributed by atoms with van der Waals surface area (Å²) in [6.45, 7) is 4.86. The van der Waals surface area contributed by atoms with Crippen LogP contribution in [0.5, 0.6) is 0 Å². The van der Waals surface area contributed by atoms with Gasteiger partial charge in [0.05, 0.1) is 11.3 Å². The number of nitrogens with zero attached hydrogens (tertiary/aromatic N) is 2. The predicted octanol–water partition coefficient (Wildman–Crippen LogP) is 6.67. The molecule has 0 aromatic heterocycles. The molecule has 0 N–H and O–H groups in total. The number of anilines is 2. The molecule has 1 heterocycles. The molecular weight excluding hydrogens is 392 g/mol. The molecule has 0 radical (unpaired) electrons. The standard InChI is InChI=1S/C29H26N2O/c1-21-15-17-25(18-16-21)31-28(24-12-8-9-22(2)19-24)30(20-23-10-4-3-5-11-23)27-14-7-6-13-26(27)29(31)32/h3-19,28H,20H2,1-2H3/t28-/m1/s1. The lowest BCUT2D eigenvalue weighted by atomic mass is 9.98. The van der Waals surface area contributed by atoms with Crippen molar-refractivity contribution in [2.24, 2.45) is 0 Å². The summed E-state index contributed by atoms with van der Waals surface area (Å²) < 4.78 is 0. The van der Waals surface area contributed by atoms with Crippen molar-refractivity contribution in [3.8, 4) is 0 Å². The van der Waals surface area contributed by atoms with Crippen LogP contribution in [0.15, 0.2) is 103 Å². The number of amides is 1. The van der Waals surface area contributed by atoms with E-state index in [-0.39, 0.29) is 12.1 Å². The smallest absolute Gasteiger partial charge is 0.262 e. The first-order valence-corrected chi connectivity index (χ1v) is 11.0. The number of benzene rings is 4. The number of para-hydroxylation sites is 1. The molecule has 32 heavy (non-hydrogen) atoms. The third-order valence-electron chi connectivity index (χ3n) is 6.05. The van der Waals surface area contributed by atoms with E-state index in [1.807, 2.05) is 41.3 Å². The summed E-state index contributed by atoms with van der Waals surface area (Å²) in [5, 5.41) is 0. The summed E-state index contributed by atoms with van der Waals surface area (Å²) >= 11 is 0. The van der Waals surface area contributed by atoms with Crippen molar-refractivity contribution in [3.05, 3.63) is 131 Å². The first-order chi connectivity index (χ1) is 15.6. The molecule has 0 saturated carbocycles. The van der Waals surface area contributed by atoms with Gasteiger partial charge in [-0.15, -0.1) is 0 Å². The van der Waals surface area contributed by atoms with Crippen molar-refractivity contribution in [2.75, 3.05) is 9.80 Å². The Labute approximate surface area is 189 Å². The van der Waals surface area contributed by atoms with Gasteiger partial charge in [0.25, 0.3) is 5.91 Å². The zero-order valence-corrected chi connectivity index (χ0v) is 18.4. The molecule has 4 aromatic rings. The molecule has 3 heteroatoms. The Morgan fingerprint density at radius 2 is 1.44 bits per heavy atom. The van der Waals surface area contributed by atoms with E-state index in [9.17, 15) is 4.79 Å². The maximum atomic E-state index is 13.9. The summed E-state index contributed by atoms with van der Waals surface area (Å²) in [7, 11) is 0. The maximum absolute atomic E-state index is 13.9. The normalized spacial score (nSPS) is 15.6. The lowest BCUT2D eigenvalue weighted by Gasteiger charge is -2.46. The number of carbonyl (C=O) groups excluding carboxylic acids is 1. The second-order valence-corrected chi connectivity index (χ2v) is 8.43. The van der Waals surface area contributed by atoms with Crippen molar-refractivity contribution in [1.82, 2.24) is 0 Å². The van der Waals surface area contributed by atoms with Gasteiger partial charge in [-0.25, -0.2) is 0 Å². The lowest BCUT2D eigenvalue weighted by molar-refractivity contribution is 0.0968. The van der Waals surface area contributed by atoms with Gasteiger partial charge in [0.2, 0.25) is 0 Å². The molecule has 0 fully saturated rings. The molecule has 4 aromatic carbocycles. The van der Waals surface area contributed by atoms with Gasteiger partial charge in [-0.2, -0.15) is 0 Å². The van der Waals surface area contributed by atoms with Crippen LogP contribution in [0.25, 0.3) is 0 Å². The van der Waals surface area contributed by atoms with E-state index in [1.165, 1.54) is 16.7 Å². The first-order valence-electron chi connectivity index (χ1n) is 11.0. The minimum absolute atomic E-state index is 0.0280. The van der Waals surface area contributed by atoms with Crippen LogP contribution in [0.1, 0.15) is 38.8 Å². The fourth-order valence-electron chi connectivity index (χ4n) is 4.49. The molecular formula is C29H26N2O. The average molecular weight is 419 g/mol. The van der Waals surface area contributed by atoms with Gasteiger partial charge in [0.1, 0.15) is 6.17 Å². The molecule has 1 aliphatic heterocycles. The van der Waals surface area contributed by atoms with Crippen molar-refractivity contribution in [1.29, 1.82) is 0 Å². The summed E-state index contributed by atoms with van der Waals surface area (Å²) in [5.41, 5.74) is 7.26. The van der Waals surface area contributed by atoms with E-state index in [2.05, 4.69) is 85.5 Å². The van der Waals surface area contributed by atoms with Crippen molar-refractivity contribution < 1.29 is 4.79 Å². The van der Waals surface area contributed by atoms with Crippen molar-refractivity contribution >= 4 is 17.3 Å². The summed E-state index contributed by atoms with van der Waals surface area (Å²) in [6.07, 6.45) is -0.250. The average Bonchev–Trinajstić information content (AvgIpc) is 2.82. The van der Waals surface area contributed by atoms with E-state index in [1.54, 1.807) is 0 Å². The van der Waals surface area contributed by atoms with Gasteiger partial charge in [0.15, 0.2) is 0 Å². The van der Waals surface area contributed by atoms with Crippen LogP contribution in [-0.2, 0) is 6.54 Å². The Kier molecular flexibility index (Phi) is 5.24. The topological polar surface area (TPSA) is 23.6 Å². The van der Waals surface area contributed by atoms with Crippen LogP contribution in [0, 0.1) is 13.8 Å². The SMILES string of the molecule is Cc1ccc(N2C(=O)c3ccccc3N(Cc3ccccc3)[C@H]2c2cccc(C)c2)cc1. The highest BCUT2D eigenvalue weighted by atomic mass is 16.2. The monoisotopic (exact) mass is 418 g/mol. The third kappa shape index (κ3) is 3.67. The van der Waals surface area contributed by atoms with E-state index in [0.29, 0.717) is 6.54 Å². The summed E-state index contributed by atoms with van der Waals surface area (Å²) in [6, 6.07) is 35.1. The number of carbonyl (C=O) groups is 1. The van der Waals surface area contributed by atoms with Crippen molar-refractivity contribution in [3.63, 3.8) is 0 Å². The third-order valence-corrected chi connectivity index (χ3v) is 6.05. The van der Waals surface area contributed by atoms with Gasteiger partial charge in [-0.05, 0) is 49.2 Å². The molecule has 1 amide bonds. The molecule has 1 aliphatic rings. The Morgan fingerprint density at radius 1 is 0.719 bits per heavy atom. The van der Waals surface area contributed by atoms with Crippen LogP contribution in [0.4, 0.5) is 11.4 Å².